The predicted octanol–water partition coefficient (Wildman–Crippen LogP) is 3.19. The molecule has 5 heteroatoms. The first-order valence-corrected chi connectivity index (χ1v) is 3.40. The van der Waals surface area contributed by atoms with Gasteiger partial charge in [0.1, 0.15) is 11.7 Å². The summed E-state index contributed by atoms with van der Waals surface area (Å²) >= 11 is 5.47. The number of halogens is 3. The lowest BCUT2D eigenvalue weighted by Gasteiger charge is -1.91. The van der Waals surface area contributed by atoms with Crippen LogP contribution in [0, 0.1) is 0 Å². The third kappa shape index (κ3) is 5.91. The summed E-state index contributed by atoms with van der Waals surface area (Å²) in [7, 11) is 0. The second-order valence-electron chi connectivity index (χ2n) is 2.11. The Kier molecular flexibility index (Phi) is 4.94. The lowest BCUT2D eigenvalue weighted by molar-refractivity contribution is 0.157. The normalized spacial score (nSPS) is 11.1. The van der Waals surface area contributed by atoms with Gasteiger partial charge in [-0.1, -0.05) is 11.6 Å². The van der Waals surface area contributed by atoms with Gasteiger partial charge in [-0.2, -0.15) is 5.11 Å². The molecule has 0 aliphatic rings. The third-order valence-electron chi connectivity index (χ3n) is 0.791. The van der Waals surface area contributed by atoms with Crippen LogP contribution < -0.4 is 0 Å². The van der Waals surface area contributed by atoms with Crippen molar-refractivity contribution in [2.24, 2.45) is 10.2 Å². The van der Waals surface area contributed by atoms with Crippen LogP contribution in [0.15, 0.2) is 21.0 Å². The minimum absolute atomic E-state index is 0.172. The van der Waals surface area contributed by atoms with Gasteiger partial charge in [-0.3, -0.25) is 0 Å². The molecule has 0 amide bonds. The number of alkyl halides is 2. The van der Waals surface area contributed by atoms with E-state index in [1.165, 1.54) is 0 Å². The zero-order valence-corrected chi connectivity index (χ0v) is 7.07. The minimum atomic E-state index is -2.46. The predicted molar refractivity (Wildman–Crippen MR) is 40.0 cm³/mol. The number of rotatable bonds is 3. The van der Waals surface area contributed by atoms with Crippen LogP contribution in [-0.4, -0.2) is 13.0 Å². The van der Waals surface area contributed by atoms with E-state index in [4.69, 9.17) is 11.6 Å². The highest BCUT2D eigenvalue weighted by molar-refractivity contribution is 6.29. The number of azo groups is 1. The van der Waals surface area contributed by atoms with E-state index < -0.39 is 13.0 Å². The third-order valence-corrected chi connectivity index (χ3v) is 1.24. The summed E-state index contributed by atoms with van der Waals surface area (Å²) in [6.07, 6.45) is -2.46. The van der Waals surface area contributed by atoms with Gasteiger partial charge in [-0.15, -0.1) is 5.11 Å². The van der Waals surface area contributed by atoms with E-state index in [2.05, 4.69) is 10.2 Å². The van der Waals surface area contributed by atoms with Crippen LogP contribution >= 0.6 is 11.6 Å². The molecular formula is C6H9ClF2N2. The highest BCUT2D eigenvalue weighted by Crippen LogP contribution is 2.10. The highest BCUT2D eigenvalue weighted by atomic mass is 35.5. The molecule has 0 aromatic rings. The van der Waals surface area contributed by atoms with Crippen LogP contribution in [0.4, 0.5) is 8.78 Å². The van der Waals surface area contributed by atoms with E-state index in [0.717, 1.165) is 5.57 Å². The summed E-state index contributed by atoms with van der Waals surface area (Å²) in [5, 5.41) is 6.70. The Balaban J connectivity index is 3.85. The number of allylic oxidation sites excluding steroid dienone is 1. The topological polar surface area (TPSA) is 24.7 Å². The largest absolute Gasteiger partial charge is 0.259 e. The van der Waals surface area contributed by atoms with Crippen LogP contribution in [-0.2, 0) is 0 Å². The Morgan fingerprint density at radius 3 is 2.36 bits per heavy atom. The van der Waals surface area contributed by atoms with Crippen molar-refractivity contribution in [3.05, 3.63) is 10.7 Å². The molecule has 0 aliphatic carbocycles. The molecule has 0 unspecified atom stereocenters. The first kappa shape index (κ1) is 10.5. The van der Waals surface area contributed by atoms with Gasteiger partial charge in [0.05, 0.1) is 0 Å². The molecule has 0 saturated heterocycles. The van der Waals surface area contributed by atoms with Crippen LogP contribution in [0.3, 0.4) is 0 Å². The molecule has 0 aliphatic heterocycles. The Bertz CT molecular complexity index is 173. The second-order valence-corrected chi connectivity index (χ2v) is 2.46. The molecule has 0 saturated carbocycles. The molecule has 0 aromatic carbocycles. The molecule has 0 spiro atoms. The van der Waals surface area contributed by atoms with Crippen molar-refractivity contribution in [1.29, 1.82) is 0 Å². The van der Waals surface area contributed by atoms with Gasteiger partial charge in [0.15, 0.2) is 0 Å². The molecule has 0 fully saturated rings. The van der Waals surface area contributed by atoms with Crippen molar-refractivity contribution in [3.8, 4) is 0 Å². The van der Waals surface area contributed by atoms with Crippen LogP contribution in [0.2, 0.25) is 0 Å². The minimum Gasteiger partial charge on any atom is -0.208 e. The lowest BCUT2D eigenvalue weighted by atomic mass is 10.4. The number of hydrogen-bond donors (Lipinski definition) is 0. The van der Waals surface area contributed by atoms with Gasteiger partial charge in [-0.05, 0) is 19.4 Å². The van der Waals surface area contributed by atoms with Crippen LogP contribution in [0.25, 0.3) is 0 Å². The standard InChI is InChI=1S/C6H9ClF2N2/c1-4(2)6(7)11-10-3-5(8)9/h5H,3H2,1-2H3. The number of nitrogens with zero attached hydrogens (tertiary/aromatic N) is 2. The van der Waals surface area contributed by atoms with E-state index in [1.54, 1.807) is 13.8 Å². The molecule has 0 radical (unpaired) electrons. The van der Waals surface area contributed by atoms with Crippen molar-refractivity contribution in [2.45, 2.75) is 20.3 Å². The first-order chi connectivity index (χ1) is 5.04. The van der Waals surface area contributed by atoms with Gasteiger partial charge in [0, 0.05) is 0 Å². The van der Waals surface area contributed by atoms with Crippen molar-refractivity contribution in [2.75, 3.05) is 6.54 Å². The quantitative estimate of drug-likeness (QED) is 0.473. The zero-order valence-electron chi connectivity index (χ0n) is 6.31. The fourth-order valence-electron chi connectivity index (χ4n) is 0.265. The average Bonchev–Trinajstić information content (AvgIpc) is 1.86. The molecular weight excluding hydrogens is 174 g/mol. The molecule has 64 valence electrons. The van der Waals surface area contributed by atoms with Crippen LogP contribution in [0.1, 0.15) is 13.8 Å². The molecule has 0 bridgehead atoms. The summed E-state index contributed by atoms with van der Waals surface area (Å²) < 4.78 is 22.9. The van der Waals surface area contributed by atoms with E-state index in [0.29, 0.717) is 0 Å². The molecule has 0 N–H and O–H groups in total. The van der Waals surface area contributed by atoms with Gasteiger partial charge >= 0.3 is 0 Å². The fraction of sp³-hybridized carbons (Fsp3) is 0.667. The Morgan fingerprint density at radius 2 is 2.00 bits per heavy atom. The Hall–Kier alpha value is -0.510. The van der Waals surface area contributed by atoms with Gasteiger partial charge in [-0.25, -0.2) is 8.78 Å². The summed E-state index contributed by atoms with van der Waals surface area (Å²) in [6.45, 7) is 2.86. The maximum atomic E-state index is 11.5. The molecule has 0 rings (SSSR count). The summed E-state index contributed by atoms with van der Waals surface area (Å²) in [5.41, 5.74) is 0.754. The monoisotopic (exact) mass is 182 g/mol. The van der Waals surface area contributed by atoms with E-state index in [-0.39, 0.29) is 5.16 Å². The summed E-state index contributed by atoms with van der Waals surface area (Å²) in [5.74, 6) is 0. The van der Waals surface area contributed by atoms with Crippen molar-refractivity contribution in [3.63, 3.8) is 0 Å². The molecule has 0 aromatic heterocycles. The second kappa shape index (κ2) is 5.18. The smallest absolute Gasteiger partial charge is 0.208 e. The highest BCUT2D eigenvalue weighted by Gasteiger charge is 1.98. The Morgan fingerprint density at radius 1 is 1.45 bits per heavy atom. The zero-order chi connectivity index (χ0) is 8.85. The Labute approximate surface area is 69.0 Å². The SMILES string of the molecule is CC(C)=C(Cl)N=NCC(F)F. The van der Waals surface area contributed by atoms with E-state index in [9.17, 15) is 8.78 Å². The van der Waals surface area contributed by atoms with Crippen molar-refractivity contribution >= 4 is 11.6 Å². The molecule has 2 nitrogen and oxygen atoms in total. The van der Waals surface area contributed by atoms with E-state index in [1.807, 2.05) is 0 Å². The van der Waals surface area contributed by atoms with Crippen molar-refractivity contribution in [1.82, 2.24) is 0 Å². The molecule has 0 heterocycles. The first-order valence-electron chi connectivity index (χ1n) is 3.02. The van der Waals surface area contributed by atoms with Gasteiger partial charge in [0.2, 0.25) is 0 Å². The maximum Gasteiger partial charge on any atom is 0.259 e. The van der Waals surface area contributed by atoms with Crippen molar-refractivity contribution < 1.29 is 8.78 Å². The summed E-state index contributed by atoms with van der Waals surface area (Å²) in [4.78, 5) is 0. The number of hydrogen-bond acceptors (Lipinski definition) is 2. The summed E-state index contributed by atoms with van der Waals surface area (Å²) in [6, 6.07) is 0. The molecule has 0 atom stereocenters. The van der Waals surface area contributed by atoms with Gasteiger partial charge < -0.3 is 0 Å². The average molecular weight is 183 g/mol. The van der Waals surface area contributed by atoms with Gasteiger partial charge in [0.25, 0.3) is 6.43 Å². The molecule has 11 heavy (non-hydrogen) atoms. The maximum absolute atomic E-state index is 11.5. The fourth-order valence-corrected chi connectivity index (χ4v) is 0.318. The van der Waals surface area contributed by atoms with Crippen LogP contribution in [0.5, 0.6) is 0 Å². The lowest BCUT2D eigenvalue weighted by Crippen LogP contribution is -1.93. The van der Waals surface area contributed by atoms with E-state index >= 15 is 0 Å².